The third kappa shape index (κ3) is 4.52. The molecule has 0 bridgehead atoms. The number of carboxylic acids is 1. The van der Waals surface area contributed by atoms with E-state index >= 15 is 0 Å². The molecule has 0 aromatic heterocycles. The summed E-state index contributed by atoms with van der Waals surface area (Å²) in [5, 5.41) is 13.8. The van der Waals surface area contributed by atoms with Gasteiger partial charge in [0.1, 0.15) is 6.04 Å². The summed E-state index contributed by atoms with van der Waals surface area (Å²) in [4.78, 5) is 24.4. The first-order valence-corrected chi connectivity index (χ1v) is 6.28. The molecule has 1 atom stereocenters. The summed E-state index contributed by atoms with van der Waals surface area (Å²) in [5.41, 5.74) is 0.107. The van der Waals surface area contributed by atoms with E-state index in [1.807, 2.05) is 0 Å². The number of carboxylic acid groups (broad SMARTS) is 1. The smallest absolute Gasteiger partial charge is 0.325 e. The average Bonchev–Trinajstić information content (AvgIpc) is 2.31. The Balaban J connectivity index is 2.31. The molecule has 1 aliphatic rings. The van der Waals surface area contributed by atoms with Crippen LogP contribution in [0.25, 0.3) is 0 Å². The molecule has 1 heterocycles. The zero-order valence-corrected chi connectivity index (χ0v) is 11.3. The molecule has 1 aliphatic heterocycles. The highest BCUT2D eigenvalue weighted by atomic mass is 16.4. The van der Waals surface area contributed by atoms with Crippen molar-refractivity contribution in [1.82, 2.24) is 15.5 Å². The Bertz CT molecular complexity index is 312. The second-order valence-electron chi connectivity index (χ2n) is 5.50. The van der Waals surface area contributed by atoms with Gasteiger partial charge in [-0.25, -0.2) is 4.79 Å². The van der Waals surface area contributed by atoms with Crippen LogP contribution in [-0.2, 0) is 4.79 Å². The van der Waals surface area contributed by atoms with E-state index in [9.17, 15) is 9.59 Å². The van der Waals surface area contributed by atoms with Crippen molar-refractivity contribution >= 4 is 12.0 Å². The van der Waals surface area contributed by atoms with Gasteiger partial charge in [-0.1, -0.05) is 6.92 Å². The molecule has 2 amide bonds. The second kappa shape index (κ2) is 6.04. The first-order chi connectivity index (χ1) is 8.32. The lowest BCUT2D eigenvalue weighted by Crippen LogP contribution is -2.49. The lowest BCUT2D eigenvalue weighted by atomic mass is 9.80. The van der Waals surface area contributed by atoms with E-state index in [4.69, 9.17) is 5.11 Å². The monoisotopic (exact) mass is 257 g/mol. The largest absolute Gasteiger partial charge is 0.480 e. The van der Waals surface area contributed by atoms with E-state index in [0.717, 1.165) is 25.9 Å². The molecule has 6 nitrogen and oxygen atoms in total. The Morgan fingerprint density at radius 3 is 2.44 bits per heavy atom. The third-order valence-electron chi connectivity index (χ3n) is 3.59. The minimum absolute atomic E-state index is 0.107. The van der Waals surface area contributed by atoms with E-state index in [-0.39, 0.29) is 5.41 Å². The minimum atomic E-state index is -1.03. The molecule has 6 heteroatoms. The maximum absolute atomic E-state index is 11.5. The average molecular weight is 257 g/mol. The fraction of sp³-hybridized carbons (Fsp3) is 0.833. The van der Waals surface area contributed by atoms with Gasteiger partial charge >= 0.3 is 12.0 Å². The Hall–Kier alpha value is -1.30. The molecule has 0 spiro atoms. The van der Waals surface area contributed by atoms with Crippen LogP contribution in [0.5, 0.6) is 0 Å². The number of aliphatic carboxylic acids is 1. The van der Waals surface area contributed by atoms with Gasteiger partial charge in [-0.15, -0.1) is 0 Å². The number of hydrogen-bond donors (Lipinski definition) is 3. The summed E-state index contributed by atoms with van der Waals surface area (Å²) in [6.07, 6.45) is 2.08. The lowest BCUT2D eigenvalue weighted by molar-refractivity contribution is -0.138. The molecule has 0 aromatic rings. The van der Waals surface area contributed by atoms with Gasteiger partial charge in [0.15, 0.2) is 0 Å². The Morgan fingerprint density at radius 2 is 1.94 bits per heavy atom. The quantitative estimate of drug-likeness (QED) is 0.684. The number of nitrogens with zero attached hydrogens (tertiary/aromatic N) is 1. The molecule has 3 N–H and O–H groups in total. The Morgan fingerprint density at radius 1 is 1.39 bits per heavy atom. The van der Waals surface area contributed by atoms with E-state index in [2.05, 4.69) is 29.5 Å². The van der Waals surface area contributed by atoms with Crippen molar-refractivity contribution in [2.45, 2.75) is 32.7 Å². The molecule has 0 aliphatic carbocycles. The van der Waals surface area contributed by atoms with Gasteiger partial charge in [0.2, 0.25) is 0 Å². The predicted molar refractivity (Wildman–Crippen MR) is 68.5 cm³/mol. The maximum Gasteiger partial charge on any atom is 0.325 e. The van der Waals surface area contributed by atoms with Crippen molar-refractivity contribution in [2.75, 3.05) is 26.7 Å². The van der Waals surface area contributed by atoms with Crippen molar-refractivity contribution in [2.24, 2.45) is 5.41 Å². The molecule has 1 fully saturated rings. The van der Waals surface area contributed by atoms with Crippen molar-refractivity contribution in [3.05, 3.63) is 0 Å². The van der Waals surface area contributed by atoms with Crippen LogP contribution in [0.3, 0.4) is 0 Å². The standard InChI is InChI=1S/C12H23N3O3/c1-9(10(16)17)14-11(18)13-8-12(2)4-6-15(3)7-5-12/h9H,4-8H2,1-3H3,(H,16,17)(H2,13,14,18)/t9-/m0/s1. The van der Waals surface area contributed by atoms with Crippen LogP contribution in [-0.4, -0.2) is 54.7 Å². The fourth-order valence-electron chi connectivity index (χ4n) is 1.94. The summed E-state index contributed by atoms with van der Waals surface area (Å²) in [6, 6.07) is -1.28. The summed E-state index contributed by atoms with van der Waals surface area (Å²) >= 11 is 0. The predicted octanol–water partition coefficient (Wildman–Crippen LogP) is 0.491. The molecule has 0 radical (unpaired) electrons. The first-order valence-electron chi connectivity index (χ1n) is 6.28. The zero-order valence-electron chi connectivity index (χ0n) is 11.3. The van der Waals surface area contributed by atoms with Gasteiger partial charge < -0.3 is 20.6 Å². The van der Waals surface area contributed by atoms with Crippen LogP contribution in [0, 0.1) is 5.41 Å². The molecule has 0 saturated carbocycles. The first kappa shape index (κ1) is 14.8. The Labute approximate surface area is 108 Å². The van der Waals surface area contributed by atoms with Crippen LogP contribution in [0.15, 0.2) is 0 Å². The van der Waals surface area contributed by atoms with Gasteiger partial charge in [0, 0.05) is 6.54 Å². The molecular weight excluding hydrogens is 234 g/mol. The van der Waals surface area contributed by atoms with Crippen molar-refractivity contribution in [3.63, 3.8) is 0 Å². The van der Waals surface area contributed by atoms with E-state index < -0.39 is 18.0 Å². The summed E-state index contributed by atoms with van der Waals surface area (Å²) in [5.74, 6) is -1.03. The number of nitrogens with one attached hydrogen (secondary N) is 2. The maximum atomic E-state index is 11.5. The van der Waals surface area contributed by atoms with Crippen LogP contribution in [0.2, 0.25) is 0 Å². The molecule has 104 valence electrons. The van der Waals surface area contributed by atoms with Crippen LogP contribution in [0.4, 0.5) is 4.79 Å². The van der Waals surface area contributed by atoms with Crippen LogP contribution >= 0.6 is 0 Å². The topological polar surface area (TPSA) is 81.7 Å². The van der Waals surface area contributed by atoms with Gasteiger partial charge in [-0.2, -0.15) is 0 Å². The van der Waals surface area contributed by atoms with Crippen molar-refractivity contribution < 1.29 is 14.7 Å². The molecular formula is C12H23N3O3. The number of piperidine rings is 1. The van der Waals surface area contributed by atoms with Crippen LogP contribution in [0.1, 0.15) is 26.7 Å². The number of amides is 2. The van der Waals surface area contributed by atoms with Gasteiger partial charge in [-0.3, -0.25) is 4.79 Å². The molecule has 1 saturated heterocycles. The number of carbonyl (C=O) groups is 2. The molecule has 0 aromatic carbocycles. The zero-order chi connectivity index (χ0) is 13.8. The fourth-order valence-corrected chi connectivity index (χ4v) is 1.94. The summed E-state index contributed by atoms with van der Waals surface area (Å²) in [6.45, 7) is 6.25. The molecule has 18 heavy (non-hydrogen) atoms. The summed E-state index contributed by atoms with van der Waals surface area (Å²) < 4.78 is 0. The minimum Gasteiger partial charge on any atom is -0.480 e. The van der Waals surface area contributed by atoms with E-state index in [1.165, 1.54) is 6.92 Å². The van der Waals surface area contributed by atoms with E-state index in [1.54, 1.807) is 0 Å². The SMILES string of the molecule is C[C@H](NC(=O)NCC1(C)CCN(C)CC1)C(=O)O. The normalized spacial score (nSPS) is 21.1. The molecule has 1 rings (SSSR count). The van der Waals surface area contributed by atoms with Crippen molar-refractivity contribution in [1.29, 1.82) is 0 Å². The van der Waals surface area contributed by atoms with Gasteiger partial charge in [-0.05, 0) is 45.3 Å². The highest BCUT2D eigenvalue weighted by molar-refractivity contribution is 5.82. The highest BCUT2D eigenvalue weighted by Crippen LogP contribution is 2.29. The third-order valence-corrected chi connectivity index (χ3v) is 3.59. The summed E-state index contributed by atoms with van der Waals surface area (Å²) in [7, 11) is 2.09. The number of urea groups is 1. The lowest BCUT2D eigenvalue weighted by Gasteiger charge is -2.37. The van der Waals surface area contributed by atoms with Crippen molar-refractivity contribution in [3.8, 4) is 0 Å². The number of carbonyl (C=O) groups excluding carboxylic acids is 1. The highest BCUT2D eigenvalue weighted by Gasteiger charge is 2.29. The number of likely N-dealkylation sites (tertiary alicyclic amines) is 1. The van der Waals surface area contributed by atoms with Gasteiger partial charge in [0.05, 0.1) is 0 Å². The number of rotatable bonds is 4. The van der Waals surface area contributed by atoms with E-state index in [0.29, 0.717) is 6.54 Å². The Kier molecular flexibility index (Phi) is 4.95. The second-order valence-corrected chi connectivity index (χ2v) is 5.50. The van der Waals surface area contributed by atoms with Gasteiger partial charge in [0.25, 0.3) is 0 Å². The molecule has 0 unspecified atom stereocenters. The number of hydrogen-bond acceptors (Lipinski definition) is 3. The van der Waals surface area contributed by atoms with Crippen LogP contribution < -0.4 is 10.6 Å².